The largest absolute Gasteiger partial charge is 0.326 e. The zero-order valence-electron chi connectivity index (χ0n) is 12.1. The quantitative estimate of drug-likeness (QED) is 0.905. The summed E-state index contributed by atoms with van der Waals surface area (Å²) in [6.07, 6.45) is 0. The Labute approximate surface area is 120 Å². The Morgan fingerprint density at radius 1 is 0.950 bits per heavy atom. The highest BCUT2D eigenvalue weighted by molar-refractivity contribution is 5.25. The number of halogens is 1. The first kappa shape index (κ1) is 14.7. The Hall–Kier alpha value is -1.71. The van der Waals surface area contributed by atoms with Gasteiger partial charge in [-0.1, -0.05) is 35.9 Å². The fourth-order valence-electron chi connectivity index (χ4n) is 2.30. The van der Waals surface area contributed by atoms with Crippen molar-refractivity contribution in [2.24, 2.45) is 5.73 Å². The fourth-order valence-corrected chi connectivity index (χ4v) is 2.30. The molecule has 0 spiro atoms. The third-order valence-electron chi connectivity index (χ3n) is 3.28. The van der Waals surface area contributed by atoms with Crippen molar-refractivity contribution < 1.29 is 4.39 Å². The van der Waals surface area contributed by atoms with Crippen LogP contribution in [0.5, 0.6) is 0 Å². The van der Waals surface area contributed by atoms with Crippen molar-refractivity contribution in [1.82, 2.24) is 4.90 Å². The summed E-state index contributed by atoms with van der Waals surface area (Å²) in [5.41, 5.74) is 9.89. The minimum Gasteiger partial charge on any atom is -0.326 e. The molecule has 0 radical (unpaired) electrons. The highest BCUT2D eigenvalue weighted by Crippen LogP contribution is 2.13. The summed E-state index contributed by atoms with van der Waals surface area (Å²) < 4.78 is 13.5. The Morgan fingerprint density at radius 2 is 1.55 bits per heavy atom. The van der Waals surface area contributed by atoms with E-state index in [2.05, 4.69) is 36.1 Å². The number of hydrogen-bond donors (Lipinski definition) is 1. The van der Waals surface area contributed by atoms with E-state index in [0.29, 0.717) is 13.1 Å². The van der Waals surface area contributed by atoms with Crippen molar-refractivity contribution in [3.05, 3.63) is 70.5 Å². The molecule has 0 heterocycles. The van der Waals surface area contributed by atoms with Crippen molar-refractivity contribution in [2.45, 2.75) is 26.6 Å². The molecule has 2 aromatic rings. The van der Waals surface area contributed by atoms with E-state index in [9.17, 15) is 4.39 Å². The van der Waals surface area contributed by atoms with Crippen LogP contribution < -0.4 is 5.73 Å². The third kappa shape index (κ3) is 4.15. The number of nitrogens with two attached hydrogens (primary N) is 1. The SMILES string of the molecule is Cc1ccc(CN(C)Cc2cc(F)cc(CN)c2)cc1. The summed E-state index contributed by atoms with van der Waals surface area (Å²) in [4.78, 5) is 2.17. The molecule has 0 unspecified atom stereocenters. The monoisotopic (exact) mass is 272 g/mol. The lowest BCUT2D eigenvalue weighted by Crippen LogP contribution is -2.17. The van der Waals surface area contributed by atoms with Gasteiger partial charge in [-0.25, -0.2) is 4.39 Å². The maximum atomic E-state index is 13.5. The zero-order valence-corrected chi connectivity index (χ0v) is 12.1. The molecule has 0 fully saturated rings. The summed E-state index contributed by atoms with van der Waals surface area (Å²) in [5.74, 6) is -0.216. The van der Waals surface area contributed by atoms with Crippen LogP contribution in [0.3, 0.4) is 0 Å². The molecule has 0 aliphatic heterocycles. The van der Waals surface area contributed by atoms with Gasteiger partial charge in [0.1, 0.15) is 5.82 Å². The minimum atomic E-state index is -0.216. The number of nitrogens with zero attached hydrogens (tertiary/aromatic N) is 1. The average molecular weight is 272 g/mol. The highest BCUT2D eigenvalue weighted by atomic mass is 19.1. The van der Waals surface area contributed by atoms with Gasteiger partial charge in [-0.3, -0.25) is 4.90 Å². The molecular formula is C17H21FN2. The van der Waals surface area contributed by atoms with Crippen molar-refractivity contribution in [1.29, 1.82) is 0 Å². The van der Waals surface area contributed by atoms with Crippen LogP contribution in [0, 0.1) is 12.7 Å². The van der Waals surface area contributed by atoms with Gasteiger partial charge in [0.2, 0.25) is 0 Å². The van der Waals surface area contributed by atoms with Crippen molar-refractivity contribution >= 4 is 0 Å². The first-order valence-electron chi connectivity index (χ1n) is 6.79. The molecule has 0 saturated heterocycles. The molecular weight excluding hydrogens is 251 g/mol. The second-order valence-electron chi connectivity index (χ2n) is 5.33. The predicted octanol–water partition coefficient (Wildman–Crippen LogP) is 3.22. The molecule has 0 aromatic heterocycles. The number of aryl methyl sites for hydroxylation is 1. The van der Waals surface area contributed by atoms with E-state index >= 15 is 0 Å². The van der Waals surface area contributed by atoms with Gasteiger partial charge in [0, 0.05) is 19.6 Å². The van der Waals surface area contributed by atoms with E-state index in [1.807, 2.05) is 13.1 Å². The molecule has 2 nitrogen and oxygen atoms in total. The molecule has 2 N–H and O–H groups in total. The molecule has 2 rings (SSSR count). The van der Waals surface area contributed by atoms with E-state index in [4.69, 9.17) is 5.73 Å². The van der Waals surface area contributed by atoms with Gasteiger partial charge in [-0.15, -0.1) is 0 Å². The fraction of sp³-hybridized carbons (Fsp3) is 0.294. The van der Waals surface area contributed by atoms with E-state index in [1.54, 1.807) is 6.07 Å². The molecule has 0 bridgehead atoms. The van der Waals surface area contributed by atoms with E-state index in [0.717, 1.165) is 17.7 Å². The average Bonchev–Trinajstić information content (AvgIpc) is 2.40. The first-order chi connectivity index (χ1) is 9.56. The lowest BCUT2D eigenvalue weighted by Gasteiger charge is -2.17. The summed E-state index contributed by atoms with van der Waals surface area (Å²) >= 11 is 0. The third-order valence-corrected chi connectivity index (χ3v) is 3.28. The van der Waals surface area contributed by atoms with Crippen molar-refractivity contribution in [3.8, 4) is 0 Å². The predicted molar refractivity (Wildman–Crippen MR) is 80.6 cm³/mol. The zero-order chi connectivity index (χ0) is 14.5. The molecule has 0 aliphatic rings. The van der Waals surface area contributed by atoms with E-state index < -0.39 is 0 Å². The Kier molecular flexibility index (Phi) is 4.88. The summed E-state index contributed by atoms with van der Waals surface area (Å²) in [7, 11) is 2.03. The van der Waals surface area contributed by atoms with Crippen LogP contribution >= 0.6 is 0 Å². The normalized spacial score (nSPS) is 11.1. The minimum absolute atomic E-state index is 0.216. The Balaban J connectivity index is 2.02. The summed E-state index contributed by atoms with van der Waals surface area (Å²) in [5, 5.41) is 0. The lowest BCUT2D eigenvalue weighted by molar-refractivity contribution is 0.318. The summed E-state index contributed by atoms with van der Waals surface area (Å²) in [6.45, 7) is 3.99. The molecule has 0 aliphatic carbocycles. The standard InChI is InChI=1S/C17H21FN2/c1-13-3-5-14(6-4-13)11-20(2)12-16-7-15(10-19)8-17(18)9-16/h3-9H,10-12,19H2,1-2H3. The second kappa shape index (κ2) is 6.64. The van der Waals surface area contributed by atoms with Crippen molar-refractivity contribution in [3.63, 3.8) is 0 Å². The van der Waals surface area contributed by atoms with Gasteiger partial charge in [-0.2, -0.15) is 0 Å². The smallest absolute Gasteiger partial charge is 0.123 e. The maximum Gasteiger partial charge on any atom is 0.123 e. The second-order valence-corrected chi connectivity index (χ2v) is 5.33. The molecule has 0 amide bonds. The molecule has 0 saturated carbocycles. The van der Waals surface area contributed by atoms with Crippen LogP contribution in [0.15, 0.2) is 42.5 Å². The molecule has 2 aromatic carbocycles. The topological polar surface area (TPSA) is 29.3 Å². The molecule has 0 atom stereocenters. The molecule has 3 heteroatoms. The van der Waals surface area contributed by atoms with Crippen LogP contribution in [-0.2, 0) is 19.6 Å². The Bertz CT molecular complexity index is 564. The molecule has 106 valence electrons. The Morgan fingerprint density at radius 3 is 2.20 bits per heavy atom. The van der Waals surface area contributed by atoms with Crippen LogP contribution in [-0.4, -0.2) is 11.9 Å². The number of rotatable bonds is 5. The highest BCUT2D eigenvalue weighted by Gasteiger charge is 2.05. The van der Waals surface area contributed by atoms with Gasteiger partial charge in [0.15, 0.2) is 0 Å². The van der Waals surface area contributed by atoms with Gasteiger partial charge in [0.05, 0.1) is 0 Å². The van der Waals surface area contributed by atoms with Gasteiger partial charge >= 0.3 is 0 Å². The van der Waals surface area contributed by atoms with Crippen LogP contribution in [0.1, 0.15) is 22.3 Å². The van der Waals surface area contributed by atoms with Gasteiger partial charge in [0.25, 0.3) is 0 Å². The maximum absolute atomic E-state index is 13.5. The first-order valence-corrected chi connectivity index (χ1v) is 6.79. The van der Waals surface area contributed by atoms with Crippen molar-refractivity contribution in [2.75, 3.05) is 7.05 Å². The molecule has 20 heavy (non-hydrogen) atoms. The van der Waals surface area contributed by atoms with Gasteiger partial charge in [-0.05, 0) is 42.8 Å². The number of hydrogen-bond acceptors (Lipinski definition) is 2. The van der Waals surface area contributed by atoms with Crippen LogP contribution in [0.25, 0.3) is 0 Å². The lowest BCUT2D eigenvalue weighted by atomic mass is 10.1. The van der Waals surface area contributed by atoms with Crippen LogP contribution in [0.4, 0.5) is 4.39 Å². The van der Waals surface area contributed by atoms with Gasteiger partial charge < -0.3 is 5.73 Å². The van der Waals surface area contributed by atoms with E-state index in [1.165, 1.54) is 17.2 Å². The van der Waals surface area contributed by atoms with E-state index in [-0.39, 0.29) is 5.82 Å². The van der Waals surface area contributed by atoms with Crippen LogP contribution in [0.2, 0.25) is 0 Å². The number of benzene rings is 2. The summed E-state index contributed by atoms with van der Waals surface area (Å²) in [6, 6.07) is 13.5.